The molecule has 1 heterocycles. The van der Waals surface area contributed by atoms with Crippen LogP contribution < -0.4 is 5.73 Å². The fourth-order valence-corrected chi connectivity index (χ4v) is 1.94. The maximum atomic E-state index is 6.12. The molecule has 0 aliphatic rings. The Bertz CT molecular complexity index is 453. The smallest absolute Gasteiger partial charge is 0.0406 e. The highest BCUT2D eigenvalue weighted by molar-refractivity contribution is 6.30. The lowest BCUT2D eigenvalue weighted by Gasteiger charge is -2.11. The molecule has 0 saturated heterocycles. The van der Waals surface area contributed by atoms with Gasteiger partial charge in [-0.05, 0) is 42.2 Å². The number of nitrogens with two attached hydrogens (primary N) is 1. The van der Waals surface area contributed by atoms with Crippen LogP contribution in [-0.4, -0.2) is 11.0 Å². The summed E-state index contributed by atoms with van der Waals surface area (Å²) in [4.78, 5) is 4.08. The molecular formula is C14H15ClN2. The van der Waals surface area contributed by atoms with E-state index in [0.717, 1.165) is 17.9 Å². The molecule has 0 aliphatic carbocycles. The van der Waals surface area contributed by atoms with Gasteiger partial charge in [0.05, 0.1) is 0 Å². The minimum atomic E-state index is 0.111. The van der Waals surface area contributed by atoms with Gasteiger partial charge in [-0.15, -0.1) is 0 Å². The van der Waals surface area contributed by atoms with Crippen molar-refractivity contribution in [2.24, 2.45) is 5.73 Å². The fraction of sp³-hybridized carbons (Fsp3) is 0.214. The third-order valence-corrected chi connectivity index (χ3v) is 2.88. The van der Waals surface area contributed by atoms with Gasteiger partial charge >= 0.3 is 0 Å². The first-order chi connectivity index (χ1) is 8.24. The molecule has 0 spiro atoms. The Kier molecular flexibility index (Phi) is 4.13. The van der Waals surface area contributed by atoms with Gasteiger partial charge in [-0.1, -0.05) is 29.8 Å². The summed E-state index contributed by atoms with van der Waals surface area (Å²) in [6.07, 6.45) is 5.33. The number of benzene rings is 1. The maximum Gasteiger partial charge on any atom is 0.0406 e. The van der Waals surface area contributed by atoms with Crippen LogP contribution in [0.4, 0.5) is 0 Å². The molecule has 1 aromatic carbocycles. The highest BCUT2D eigenvalue weighted by atomic mass is 35.5. The molecule has 2 aromatic rings. The quantitative estimate of drug-likeness (QED) is 0.901. The van der Waals surface area contributed by atoms with Crippen LogP contribution in [0.25, 0.3) is 0 Å². The van der Waals surface area contributed by atoms with Crippen LogP contribution in [-0.2, 0) is 12.8 Å². The number of rotatable bonds is 4. The van der Waals surface area contributed by atoms with Crippen molar-refractivity contribution in [3.8, 4) is 0 Å². The summed E-state index contributed by atoms with van der Waals surface area (Å²) >= 11 is 5.84. The Labute approximate surface area is 106 Å². The van der Waals surface area contributed by atoms with E-state index < -0.39 is 0 Å². The number of pyridine rings is 1. The van der Waals surface area contributed by atoms with E-state index in [2.05, 4.69) is 11.1 Å². The molecule has 0 aliphatic heterocycles. The SMILES string of the molecule is NC(Cc1ccc(Cl)cc1)Cc1cccnc1. The summed E-state index contributed by atoms with van der Waals surface area (Å²) in [5.74, 6) is 0. The maximum absolute atomic E-state index is 6.12. The van der Waals surface area contributed by atoms with Crippen molar-refractivity contribution < 1.29 is 0 Å². The van der Waals surface area contributed by atoms with Crippen LogP contribution in [0.3, 0.4) is 0 Å². The molecule has 2 N–H and O–H groups in total. The van der Waals surface area contributed by atoms with Crippen molar-refractivity contribution in [3.63, 3.8) is 0 Å². The minimum absolute atomic E-state index is 0.111. The number of halogens is 1. The molecule has 0 radical (unpaired) electrons. The number of aromatic nitrogens is 1. The highest BCUT2D eigenvalue weighted by Crippen LogP contribution is 2.12. The van der Waals surface area contributed by atoms with E-state index >= 15 is 0 Å². The van der Waals surface area contributed by atoms with E-state index in [-0.39, 0.29) is 6.04 Å². The third kappa shape index (κ3) is 3.84. The molecule has 1 aromatic heterocycles. The lowest BCUT2D eigenvalue weighted by Crippen LogP contribution is -2.25. The molecule has 1 atom stereocenters. The molecular weight excluding hydrogens is 232 g/mol. The average Bonchev–Trinajstić information content (AvgIpc) is 2.33. The highest BCUT2D eigenvalue weighted by Gasteiger charge is 2.05. The number of nitrogens with zero attached hydrogens (tertiary/aromatic N) is 1. The molecule has 1 unspecified atom stereocenters. The number of hydrogen-bond donors (Lipinski definition) is 1. The van der Waals surface area contributed by atoms with Gasteiger partial charge in [-0.3, -0.25) is 4.98 Å². The van der Waals surface area contributed by atoms with Crippen LogP contribution in [0.2, 0.25) is 5.02 Å². The summed E-state index contributed by atoms with van der Waals surface area (Å²) in [6.45, 7) is 0. The van der Waals surface area contributed by atoms with E-state index in [1.54, 1.807) is 6.20 Å². The van der Waals surface area contributed by atoms with Gasteiger partial charge in [0.1, 0.15) is 0 Å². The van der Waals surface area contributed by atoms with E-state index in [4.69, 9.17) is 17.3 Å². The summed E-state index contributed by atoms with van der Waals surface area (Å²) in [5.41, 5.74) is 8.50. The van der Waals surface area contributed by atoms with Gasteiger partial charge < -0.3 is 5.73 Å². The van der Waals surface area contributed by atoms with E-state index in [0.29, 0.717) is 0 Å². The van der Waals surface area contributed by atoms with Gasteiger partial charge in [0.15, 0.2) is 0 Å². The van der Waals surface area contributed by atoms with Gasteiger partial charge in [0.25, 0.3) is 0 Å². The average molecular weight is 247 g/mol. The molecule has 0 fully saturated rings. The zero-order chi connectivity index (χ0) is 12.1. The van der Waals surface area contributed by atoms with Crippen LogP contribution in [0.5, 0.6) is 0 Å². The molecule has 0 bridgehead atoms. The molecule has 88 valence electrons. The topological polar surface area (TPSA) is 38.9 Å². The lowest BCUT2D eigenvalue weighted by molar-refractivity contribution is 0.663. The van der Waals surface area contributed by atoms with Crippen LogP contribution in [0.15, 0.2) is 48.8 Å². The fourth-order valence-electron chi connectivity index (χ4n) is 1.82. The van der Waals surface area contributed by atoms with Gasteiger partial charge in [0, 0.05) is 23.5 Å². The standard InChI is InChI=1S/C14H15ClN2/c15-13-5-3-11(4-6-13)8-14(16)9-12-2-1-7-17-10-12/h1-7,10,14H,8-9,16H2. The van der Waals surface area contributed by atoms with Crippen molar-refractivity contribution in [2.75, 3.05) is 0 Å². The first kappa shape index (κ1) is 12.1. The van der Waals surface area contributed by atoms with Crippen molar-refractivity contribution in [1.82, 2.24) is 4.98 Å². The van der Waals surface area contributed by atoms with Crippen molar-refractivity contribution in [1.29, 1.82) is 0 Å². The van der Waals surface area contributed by atoms with Crippen LogP contribution >= 0.6 is 11.6 Å². The third-order valence-electron chi connectivity index (χ3n) is 2.63. The van der Waals surface area contributed by atoms with Crippen LogP contribution in [0, 0.1) is 0 Å². The van der Waals surface area contributed by atoms with Gasteiger partial charge in [-0.25, -0.2) is 0 Å². The molecule has 3 heteroatoms. The monoisotopic (exact) mass is 246 g/mol. The summed E-state index contributed by atoms with van der Waals surface area (Å²) < 4.78 is 0. The Hall–Kier alpha value is -1.38. The van der Waals surface area contributed by atoms with Gasteiger partial charge in [-0.2, -0.15) is 0 Å². The van der Waals surface area contributed by atoms with Crippen molar-refractivity contribution in [2.45, 2.75) is 18.9 Å². The zero-order valence-electron chi connectivity index (χ0n) is 9.51. The second-order valence-corrected chi connectivity index (χ2v) is 4.59. The first-order valence-corrected chi connectivity index (χ1v) is 6.01. The lowest BCUT2D eigenvalue weighted by atomic mass is 10.0. The molecule has 2 rings (SSSR count). The van der Waals surface area contributed by atoms with Crippen molar-refractivity contribution >= 4 is 11.6 Å². The zero-order valence-corrected chi connectivity index (χ0v) is 10.3. The minimum Gasteiger partial charge on any atom is -0.327 e. The Balaban J connectivity index is 1.93. The first-order valence-electron chi connectivity index (χ1n) is 5.63. The summed E-state index contributed by atoms with van der Waals surface area (Å²) in [6, 6.07) is 11.9. The van der Waals surface area contributed by atoms with Gasteiger partial charge in [0.2, 0.25) is 0 Å². The summed E-state index contributed by atoms with van der Waals surface area (Å²) in [5, 5.41) is 0.759. The predicted octanol–water partition coefficient (Wildman–Crippen LogP) is 2.85. The predicted molar refractivity (Wildman–Crippen MR) is 71.1 cm³/mol. The normalized spacial score (nSPS) is 12.4. The Morgan fingerprint density at radius 1 is 1.06 bits per heavy atom. The molecule has 17 heavy (non-hydrogen) atoms. The molecule has 0 saturated carbocycles. The van der Waals surface area contributed by atoms with Crippen LogP contribution in [0.1, 0.15) is 11.1 Å². The Morgan fingerprint density at radius 3 is 2.41 bits per heavy atom. The summed E-state index contributed by atoms with van der Waals surface area (Å²) in [7, 11) is 0. The van der Waals surface area contributed by atoms with Crippen molar-refractivity contribution in [3.05, 3.63) is 64.9 Å². The largest absolute Gasteiger partial charge is 0.327 e. The molecule has 2 nitrogen and oxygen atoms in total. The van der Waals surface area contributed by atoms with E-state index in [1.165, 1.54) is 11.1 Å². The van der Waals surface area contributed by atoms with E-state index in [9.17, 15) is 0 Å². The Morgan fingerprint density at radius 2 is 1.76 bits per heavy atom. The second kappa shape index (κ2) is 5.80. The molecule has 0 amide bonds. The second-order valence-electron chi connectivity index (χ2n) is 4.16. The number of hydrogen-bond acceptors (Lipinski definition) is 2. The van der Waals surface area contributed by atoms with E-state index in [1.807, 2.05) is 36.5 Å².